The maximum atomic E-state index is 12.7. The first-order valence-corrected chi connectivity index (χ1v) is 8.36. The van der Waals surface area contributed by atoms with Crippen molar-refractivity contribution in [3.8, 4) is 0 Å². The number of rotatable bonds is 3. The van der Waals surface area contributed by atoms with Crippen LogP contribution < -0.4 is 10.5 Å². The van der Waals surface area contributed by atoms with Crippen LogP contribution in [-0.4, -0.2) is 13.0 Å². The molecule has 0 bridgehead atoms. The van der Waals surface area contributed by atoms with Crippen molar-refractivity contribution in [1.82, 2.24) is 4.57 Å². The van der Waals surface area contributed by atoms with Crippen LogP contribution in [0.3, 0.4) is 0 Å². The number of hydrogen-bond donors (Lipinski definition) is 1. The molecule has 1 aromatic heterocycles. The molecule has 0 radical (unpaired) electrons. The van der Waals surface area contributed by atoms with Gasteiger partial charge in [-0.1, -0.05) is 6.07 Å². The van der Waals surface area contributed by atoms with E-state index in [1.165, 1.54) is 29.8 Å². The maximum Gasteiger partial charge on any atom is 0.419 e. The number of alkyl halides is 3. The van der Waals surface area contributed by atoms with Gasteiger partial charge in [-0.3, -0.25) is 9.29 Å². The van der Waals surface area contributed by atoms with Crippen molar-refractivity contribution in [2.75, 3.05) is 4.72 Å². The lowest BCUT2D eigenvalue weighted by molar-refractivity contribution is -0.137. The number of aryl methyl sites for hydroxylation is 1. The minimum atomic E-state index is -4.59. The molecule has 25 heavy (non-hydrogen) atoms. The third kappa shape index (κ3) is 3.25. The second-order valence-electron chi connectivity index (χ2n) is 5.24. The van der Waals surface area contributed by atoms with Crippen molar-refractivity contribution >= 4 is 26.8 Å². The molecule has 1 N–H and O–H groups in total. The first kappa shape index (κ1) is 17.1. The predicted octanol–water partition coefficient (Wildman–Crippen LogP) is 2.95. The summed E-state index contributed by atoms with van der Waals surface area (Å²) in [4.78, 5) is 11.2. The highest BCUT2D eigenvalue weighted by Crippen LogP contribution is 2.31. The molecule has 0 aliphatic carbocycles. The number of benzene rings is 2. The Morgan fingerprint density at radius 1 is 1.12 bits per heavy atom. The van der Waals surface area contributed by atoms with Crippen molar-refractivity contribution < 1.29 is 26.0 Å². The number of nitrogens with zero attached hydrogens (tertiary/aromatic N) is 1. The molecule has 2 aromatic carbocycles. The number of sulfonamides is 1. The first-order chi connectivity index (χ1) is 11.6. The molecule has 0 aliphatic heterocycles. The van der Waals surface area contributed by atoms with Crippen molar-refractivity contribution in [3.63, 3.8) is 0 Å². The molecule has 0 unspecified atom stereocenters. The van der Waals surface area contributed by atoms with E-state index in [1.807, 2.05) is 0 Å². The molecular weight excluding hydrogens is 361 g/mol. The normalized spacial score (nSPS) is 12.5. The molecular formula is C15H11F3N2O4S. The highest BCUT2D eigenvalue weighted by molar-refractivity contribution is 7.92. The van der Waals surface area contributed by atoms with Crippen molar-refractivity contribution in [2.45, 2.75) is 11.1 Å². The van der Waals surface area contributed by atoms with Crippen LogP contribution in [0.5, 0.6) is 0 Å². The zero-order valence-corrected chi connectivity index (χ0v) is 13.5. The Hall–Kier alpha value is -2.75. The van der Waals surface area contributed by atoms with Gasteiger partial charge in [-0.05, 0) is 30.3 Å². The Bertz CT molecular complexity index is 1110. The predicted molar refractivity (Wildman–Crippen MR) is 83.7 cm³/mol. The van der Waals surface area contributed by atoms with Crippen LogP contribution in [0, 0.1) is 0 Å². The molecule has 0 amide bonds. The van der Waals surface area contributed by atoms with E-state index in [-0.39, 0.29) is 16.2 Å². The summed E-state index contributed by atoms with van der Waals surface area (Å²) in [6.07, 6.45) is -4.59. The Kier molecular flexibility index (Phi) is 3.87. The van der Waals surface area contributed by atoms with E-state index in [0.29, 0.717) is 11.6 Å². The number of nitrogens with one attached hydrogen (secondary N) is 1. The molecule has 3 rings (SSSR count). The van der Waals surface area contributed by atoms with Gasteiger partial charge in [0.2, 0.25) is 0 Å². The zero-order valence-electron chi connectivity index (χ0n) is 12.7. The minimum Gasteiger partial charge on any atom is -0.408 e. The van der Waals surface area contributed by atoms with Gasteiger partial charge < -0.3 is 4.42 Å². The molecule has 6 nitrogen and oxygen atoms in total. The molecule has 0 atom stereocenters. The number of halogens is 3. The lowest BCUT2D eigenvalue weighted by Crippen LogP contribution is -2.14. The van der Waals surface area contributed by atoms with Crippen LogP contribution in [0.1, 0.15) is 5.56 Å². The first-order valence-electron chi connectivity index (χ1n) is 6.87. The Labute approximate surface area is 139 Å². The van der Waals surface area contributed by atoms with Crippen LogP contribution in [0.15, 0.2) is 56.6 Å². The fraction of sp³-hybridized carbons (Fsp3) is 0.133. The highest BCUT2D eigenvalue weighted by Gasteiger charge is 2.30. The fourth-order valence-corrected chi connectivity index (χ4v) is 3.32. The maximum absolute atomic E-state index is 12.7. The van der Waals surface area contributed by atoms with Crippen LogP contribution in [0.4, 0.5) is 18.9 Å². The van der Waals surface area contributed by atoms with E-state index in [9.17, 15) is 26.4 Å². The SMILES string of the molecule is Cn1c(=O)oc2cc(S(=O)(=O)Nc3cccc(C(F)(F)F)c3)ccc21. The van der Waals surface area contributed by atoms with E-state index in [4.69, 9.17) is 4.42 Å². The zero-order chi connectivity index (χ0) is 18.4. The summed E-state index contributed by atoms with van der Waals surface area (Å²) in [6.45, 7) is 0. The monoisotopic (exact) mass is 372 g/mol. The van der Waals surface area contributed by atoms with E-state index < -0.39 is 27.5 Å². The van der Waals surface area contributed by atoms with Gasteiger partial charge in [0, 0.05) is 18.8 Å². The number of anilines is 1. The molecule has 0 saturated heterocycles. The fourth-order valence-electron chi connectivity index (χ4n) is 2.25. The van der Waals surface area contributed by atoms with Crippen LogP contribution in [0.2, 0.25) is 0 Å². The minimum absolute atomic E-state index is 0.0550. The number of oxazole rings is 1. The highest BCUT2D eigenvalue weighted by atomic mass is 32.2. The van der Waals surface area contributed by atoms with Crippen molar-refractivity contribution in [1.29, 1.82) is 0 Å². The summed E-state index contributed by atoms with van der Waals surface area (Å²) < 4.78 is 71.1. The molecule has 0 saturated carbocycles. The van der Waals surface area contributed by atoms with Gasteiger partial charge in [0.1, 0.15) is 0 Å². The lowest BCUT2D eigenvalue weighted by Gasteiger charge is -2.11. The average molecular weight is 372 g/mol. The van der Waals surface area contributed by atoms with Gasteiger partial charge in [0.25, 0.3) is 10.0 Å². The summed E-state index contributed by atoms with van der Waals surface area (Å²) in [5.41, 5.74) is -0.760. The van der Waals surface area contributed by atoms with Gasteiger partial charge in [0.15, 0.2) is 5.58 Å². The average Bonchev–Trinajstić information content (AvgIpc) is 2.80. The van der Waals surface area contributed by atoms with E-state index in [1.54, 1.807) is 0 Å². The van der Waals surface area contributed by atoms with Crippen LogP contribution in [-0.2, 0) is 23.2 Å². The van der Waals surface area contributed by atoms with Gasteiger partial charge >= 0.3 is 11.9 Å². The topological polar surface area (TPSA) is 81.3 Å². The van der Waals surface area contributed by atoms with Crippen LogP contribution in [0.25, 0.3) is 11.1 Å². The van der Waals surface area contributed by atoms with Gasteiger partial charge in [0.05, 0.1) is 16.0 Å². The largest absolute Gasteiger partial charge is 0.419 e. The number of hydrogen-bond acceptors (Lipinski definition) is 4. The summed E-state index contributed by atoms with van der Waals surface area (Å²) in [5, 5.41) is 0. The van der Waals surface area contributed by atoms with Crippen LogP contribution >= 0.6 is 0 Å². The number of aromatic nitrogens is 1. The van der Waals surface area contributed by atoms with E-state index in [0.717, 1.165) is 18.2 Å². The van der Waals surface area contributed by atoms with Gasteiger partial charge in [-0.25, -0.2) is 13.2 Å². The molecule has 0 spiro atoms. The number of fused-ring (bicyclic) bond motifs is 1. The van der Waals surface area contributed by atoms with E-state index >= 15 is 0 Å². The Balaban J connectivity index is 1.99. The third-order valence-electron chi connectivity index (χ3n) is 3.52. The quantitative estimate of drug-likeness (QED) is 0.766. The van der Waals surface area contributed by atoms with Gasteiger partial charge in [-0.2, -0.15) is 13.2 Å². The van der Waals surface area contributed by atoms with Crippen molar-refractivity contribution in [2.24, 2.45) is 7.05 Å². The molecule has 1 heterocycles. The molecule has 132 valence electrons. The summed E-state index contributed by atoms with van der Waals surface area (Å²) in [6, 6.07) is 7.57. The lowest BCUT2D eigenvalue weighted by atomic mass is 10.2. The second-order valence-corrected chi connectivity index (χ2v) is 6.92. The van der Waals surface area contributed by atoms with Gasteiger partial charge in [-0.15, -0.1) is 0 Å². The molecule has 0 fully saturated rings. The molecule has 10 heteroatoms. The summed E-state index contributed by atoms with van der Waals surface area (Å²) >= 11 is 0. The standard InChI is InChI=1S/C15H11F3N2O4S/c1-20-12-6-5-11(8-13(12)24-14(20)21)25(22,23)19-10-4-2-3-9(7-10)15(16,17)18/h2-8,19H,1H3. The Morgan fingerprint density at radius 2 is 1.84 bits per heavy atom. The smallest absolute Gasteiger partial charge is 0.408 e. The summed E-state index contributed by atoms with van der Waals surface area (Å²) in [7, 11) is -2.70. The van der Waals surface area contributed by atoms with Crippen molar-refractivity contribution in [3.05, 3.63) is 58.6 Å². The second kappa shape index (κ2) is 5.66. The summed E-state index contributed by atoms with van der Waals surface area (Å²) in [5.74, 6) is -0.657. The molecule has 0 aliphatic rings. The Morgan fingerprint density at radius 3 is 2.52 bits per heavy atom. The van der Waals surface area contributed by atoms with E-state index in [2.05, 4.69) is 4.72 Å². The third-order valence-corrected chi connectivity index (χ3v) is 4.90. The molecule has 3 aromatic rings.